The van der Waals surface area contributed by atoms with E-state index >= 15 is 0 Å². The van der Waals surface area contributed by atoms with Gasteiger partial charge in [0.2, 0.25) is 0 Å². The maximum atomic E-state index is 9.27. The number of hydrogen-bond donors (Lipinski definition) is 1. The summed E-state index contributed by atoms with van der Waals surface area (Å²) in [7, 11) is 2.26. The van der Waals surface area contributed by atoms with E-state index in [4.69, 9.17) is 0 Å². The van der Waals surface area contributed by atoms with Crippen molar-refractivity contribution in [3.8, 4) is 0 Å². The van der Waals surface area contributed by atoms with Gasteiger partial charge in [-0.25, -0.2) is 0 Å². The molecular weight excluding hydrogens is 212 g/mol. The normalized spacial score (nSPS) is 40.6. The quantitative estimate of drug-likeness (QED) is 0.591. The molecule has 3 atom stereocenters. The van der Waals surface area contributed by atoms with Crippen molar-refractivity contribution in [3.63, 3.8) is 0 Å². The molecule has 0 radical (unpaired) electrons. The highest BCUT2D eigenvalue weighted by molar-refractivity contribution is 5.94. The molecule has 0 unspecified atom stereocenters. The number of oxime groups is 1. The van der Waals surface area contributed by atoms with Gasteiger partial charge in [-0.3, -0.25) is 4.90 Å². The molecule has 0 aliphatic heterocycles. The Morgan fingerprint density at radius 3 is 2.59 bits per heavy atom. The summed E-state index contributed by atoms with van der Waals surface area (Å²) in [5.41, 5.74) is 1.09. The maximum absolute atomic E-state index is 9.27. The zero-order valence-electron chi connectivity index (χ0n) is 10.8. The predicted octanol–water partition coefficient (Wildman–Crippen LogP) is 2.88. The van der Waals surface area contributed by atoms with Crippen molar-refractivity contribution in [1.82, 2.24) is 4.90 Å². The highest BCUT2D eigenvalue weighted by Gasteiger charge is 2.48. The number of fused-ring (bicyclic) bond motifs is 2. The van der Waals surface area contributed by atoms with E-state index in [2.05, 4.69) is 17.1 Å². The van der Waals surface area contributed by atoms with Crippen LogP contribution >= 0.6 is 0 Å². The first kappa shape index (κ1) is 11.5. The molecule has 17 heavy (non-hydrogen) atoms. The Labute approximate surface area is 104 Å². The van der Waals surface area contributed by atoms with Crippen molar-refractivity contribution in [1.29, 1.82) is 0 Å². The van der Waals surface area contributed by atoms with Crippen LogP contribution in [-0.4, -0.2) is 35.0 Å². The van der Waals surface area contributed by atoms with Gasteiger partial charge in [-0.1, -0.05) is 24.4 Å². The van der Waals surface area contributed by atoms with E-state index in [1.54, 1.807) is 0 Å². The van der Waals surface area contributed by atoms with Gasteiger partial charge in [0.25, 0.3) is 0 Å². The van der Waals surface area contributed by atoms with Gasteiger partial charge in [-0.2, -0.15) is 0 Å². The molecule has 3 fully saturated rings. The van der Waals surface area contributed by atoms with Gasteiger partial charge >= 0.3 is 0 Å². The van der Waals surface area contributed by atoms with Crippen molar-refractivity contribution in [2.45, 2.75) is 63.5 Å². The number of rotatable bonds is 2. The molecule has 0 aromatic heterocycles. The molecule has 0 aromatic carbocycles. The van der Waals surface area contributed by atoms with Crippen molar-refractivity contribution in [2.24, 2.45) is 17.0 Å². The van der Waals surface area contributed by atoms with Crippen LogP contribution in [0.1, 0.15) is 51.4 Å². The van der Waals surface area contributed by atoms with Crippen LogP contribution in [0.15, 0.2) is 5.16 Å². The Balaban J connectivity index is 1.74. The fraction of sp³-hybridized carbons (Fsp3) is 0.929. The van der Waals surface area contributed by atoms with Crippen LogP contribution in [-0.2, 0) is 0 Å². The van der Waals surface area contributed by atoms with Crippen LogP contribution in [0.25, 0.3) is 0 Å². The first-order chi connectivity index (χ1) is 8.31. The van der Waals surface area contributed by atoms with Gasteiger partial charge in [0.15, 0.2) is 0 Å². The summed E-state index contributed by atoms with van der Waals surface area (Å²) in [6, 6.07) is 1.17. The monoisotopic (exact) mass is 236 g/mol. The third-order valence-corrected chi connectivity index (χ3v) is 5.35. The Morgan fingerprint density at radius 2 is 1.88 bits per heavy atom. The Morgan fingerprint density at radius 1 is 1.12 bits per heavy atom. The average Bonchev–Trinajstić information content (AvgIpc) is 2.98. The third-order valence-electron chi connectivity index (χ3n) is 5.35. The molecule has 3 heteroatoms. The van der Waals surface area contributed by atoms with E-state index < -0.39 is 0 Å². The molecular formula is C14H24N2O. The summed E-state index contributed by atoms with van der Waals surface area (Å²) in [6.45, 7) is 0. The Kier molecular flexibility index (Phi) is 3.12. The molecule has 96 valence electrons. The van der Waals surface area contributed by atoms with Crippen LogP contribution in [0.5, 0.6) is 0 Å². The van der Waals surface area contributed by atoms with Crippen molar-refractivity contribution in [2.75, 3.05) is 7.05 Å². The molecule has 3 nitrogen and oxygen atoms in total. The molecule has 0 saturated heterocycles. The van der Waals surface area contributed by atoms with E-state index in [1.807, 2.05) is 0 Å². The largest absolute Gasteiger partial charge is 0.411 e. The third kappa shape index (κ3) is 1.88. The van der Waals surface area contributed by atoms with E-state index in [1.165, 1.54) is 51.4 Å². The lowest BCUT2D eigenvalue weighted by molar-refractivity contribution is 0.138. The lowest BCUT2D eigenvalue weighted by Gasteiger charge is -2.39. The SMILES string of the molecule is CN(C1CCCCC1)[C@@H]1/C(=N\O)[C@H]2CC[C@@H]1C2. The van der Waals surface area contributed by atoms with Gasteiger partial charge in [-0.05, 0) is 45.1 Å². The van der Waals surface area contributed by atoms with Crippen LogP contribution in [0.2, 0.25) is 0 Å². The summed E-state index contributed by atoms with van der Waals surface area (Å²) < 4.78 is 0. The van der Waals surface area contributed by atoms with Crippen molar-refractivity contribution < 1.29 is 5.21 Å². The average molecular weight is 236 g/mol. The molecule has 3 rings (SSSR count). The molecule has 0 heterocycles. The van der Waals surface area contributed by atoms with E-state index in [-0.39, 0.29) is 0 Å². The zero-order valence-corrected chi connectivity index (χ0v) is 10.8. The highest BCUT2D eigenvalue weighted by Crippen LogP contribution is 2.45. The maximum Gasteiger partial charge on any atom is 0.0775 e. The molecule has 2 bridgehead atoms. The second kappa shape index (κ2) is 4.60. The smallest absolute Gasteiger partial charge is 0.0775 e. The fourth-order valence-electron chi connectivity index (χ4n) is 4.45. The molecule has 0 spiro atoms. The van der Waals surface area contributed by atoms with Gasteiger partial charge in [0, 0.05) is 12.0 Å². The topological polar surface area (TPSA) is 35.8 Å². The Bertz CT molecular complexity index is 309. The molecule has 0 aromatic rings. The van der Waals surface area contributed by atoms with E-state index in [0.717, 1.165) is 17.7 Å². The van der Waals surface area contributed by atoms with Crippen LogP contribution in [0.4, 0.5) is 0 Å². The summed E-state index contributed by atoms with van der Waals surface area (Å²) in [5, 5.41) is 12.9. The van der Waals surface area contributed by atoms with Crippen LogP contribution in [0.3, 0.4) is 0 Å². The molecule has 3 saturated carbocycles. The number of hydrogen-bond acceptors (Lipinski definition) is 3. The summed E-state index contributed by atoms with van der Waals surface area (Å²) in [5.74, 6) is 1.35. The second-order valence-corrected chi connectivity index (χ2v) is 6.20. The van der Waals surface area contributed by atoms with Gasteiger partial charge in [0.05, 0.1) is 11.8 Å². The molecule has 0 amide bonds. The van der Waals surface area contributed by atoms with Crippen LogP contribution in [0, 0.1) is 11.8 Å². The minimum atomic E-state index is 0.446. The van der Waals surface area contributed by atoms with E-state index in [0.29, 0.717) is 12.0 Å². The predicted molar refractivity (Wildman–Crippen MR) is 68.5 cm³/mol. The standard InChI is InChI=1S/C14H24N2O/c1-16(12-5-3-2-4-6-12)14-11-8-7-10(9-11)13(14)15-17/h10-12,14,17H,2-9H2,1H3/b15-13-/t10-,11+,14-/m0/s1. The molecule has 1 N–H and O–H groups in total. The van der Waals surface area contributed by atoms with Crippen LogP contribution < -0.4 is 0 Å². The van der Waals surface area contributed by atoms with Crippen molar-refractivity contribution in [3.05, 3.63) is 0 Å². The summed E-state index contributed by atoms with van der Waals surface area (Å²) in [6.07, 6.45) is 10.7. The lowest BCUT2D eigenvalue weighted by atomic mass is 9.88. The molecule has 3 aliphatic carbocycles. The molecule has 3 aliphatic rings. The fourth-order valence-corrected chi connectivity index (χ4v) is 4.45. The zero-order chi connectivity index (χ0) is 11.8. The first-order valence-electron chi connectivity index (χ1n) is 7.25. The number of nitrogens with zero attached hydrogens (tertiary/aromatic N) is 2. The van der Waals surface area contributed by atoms with E-state index in [9.17, 15) is 5.21 Å². The summed E-state index contributed by atoms with van der Waals surface area (Å²) in [4.78, 5) is 2.54. The van der Waals surface area contributed by atoms with Crippen molar-refractivity contribution >= 4 is 5.71 Å². The van der Waals surface area contributed by atoms with Gasteiger partial charge < -0.3 is 5.21 Å². The minimum absolute atomic E-state index is 0.446. The summed E-state index contributed by atoms with van der Waals surface area (Å²) >= 11 is 0. The highest BCUT2D eigenvalue weighted by atomic mass is 16.4. The second-order valence-electron chi connectivity index (χ2n) is 6.20. The minimum Gasteiger partial charge on any atom is -0.411 e. The van der Waals surface area contributed by atoms with Gasteiger partial charge in [0.1, 0.15) is 0 Å². The lowest BCUT2D eigenvalue weighted by Crippen LogP contribution is -2.48. The first-order valence-corrected chi connectivity index (χ1v) is 7.25. The van der Waals surface area contributed by atoms with Gasteiger partial charge in [-0.15, -0.1) is 0 Å². The Hall–Kier alpha value is -0.570.